The molecule has 32 heavy (non-hydrogen) atoms. The van der Waals surface area contributed by atoms with E-state index < -0.39 is 0 Å². The number of ether oxygens (including phenoxy) is 2. The quantitative estimate of drug-likeness (QED) is 0.365. The van der Waals surface area contributed by atoms with Gasteiger partial charge >= 0.3 is 0 Å². The highest BCUT2D eigenvalue weighted by atomic mass is 32.2. The summed E-state index contributed by atoms with van der Waals surface area (Å²) in [5.74, 6) is 1.36. The second-order valence-electron chi connectivity index (χ2n) is 7.41. The Morgan fingerprint density at radius 1 is 1.19 bits per heavy atom. The zero-order valence-corrected chi connectivity index (χ0v) is 19.7. The maximum Gasteiger partial charge on any atom is 0.262 e. The third kappa shape index (κ3) is 5.43. The molecule has 0 saturated heterocycles. The van der Waals surface area contributed by atoms with Crippen molar-refractivity contribution in [3.63, 3.8) is 0 Å². The van der Waals surface area contributed by atoms with Crippen molar-refractivity contribution in [1.29, 1.82) is 0 Å². The number of thioether (sulfide) groups is 1. The fourth-order valence-corrected chi connectivity index (χ4v) is 4.28. The average molecular weight is 456 g/mol. The van der Waals surface area contributed by atoms with Crippen molar-refractivity contribution in [2.24, 2.45) is 0 Å². The number of aromatic nitrogens is 2. The lowest BCUT2D eigenvalue weighted by atomic mass is 10.1. The van der Waals surface area contributed by atoms with Crippen LogP contribution in [0.3, 0.4) is 0 Å². The Morgan fingerprint density at radius 2 is 1.97 bits per heavy atom. The van der Waals surface area contributed by atoms with Crippen molar-refractivity contribution in [2.45, 2.75) is 44.4 Å². The number of para-hydroxylation sites is 1. The normalized spacial score (nSPS) is 11.9. The number of nitrogens with one attached hydrogen (secondary N) is 1. The molecule has 170 valence electrons. The second-order valence-corrected chi connectivity index (χ2v) is 8.35. The molecule has 0 fully saturated rings. The molecule has 1 atom stereocenters. The van der Waals surface area contributed by atoms with Crippen LogP contribution in [0.2, 0.25) is 0 Å². The lowest BCUT2D eigenvalue weighted by Crippen LogP contribution is -2.29. The molecule has 0 bridgehead atoms. The number of nitrogens with zero attached hydrogens (tertiary/aromatic N) is 2. The van der Waals surface area contributed by atoms with E-state index in [4.69, 9.17) is 9.47 Å². The van der Waals surface area contributed by atoms with Gasteiger partial charge in [0.25, 0.3) is 5.56 Å². The Morgan fingerprint density at radius 3 is 2.69 bits per heavy atom. The molecule has 3 aromatic rings. The first-order valence-corrected chi connectivity index (χ1v) is 11.6. The average Bonchev–Trinajstić information content (AvgIpc) is 2.81. The standard InChI is InChI=1S/C24H29N3O4S/c1-5-6-13-27-23(29)18-9-7-8-10-20(18)26-24(27)32-15-22(28)25-16(2)19-14-17(30-3)11-12-21(19)31-4/h7-12,14,16H,5-6,13,15H2,1-4H3,(H,25,28). The number of unbranched alkanes of at least 4 members (excludes halogenated alkanes) is 1. The summed E-state index contributed by atoms with van der Waals surface area (Å²) in [7, 11) is 3.19. The zero-order chi connectivity index (χ0) is 23.1. The first-order valence-electron chi connectivity index (χ1n) is 10.6. The summed E-state index contributed by atoms with van der Waals surface area (Å²) < 4.78 is 12.4. The third-order valence-electron chi connectivity index (χ3n) is 5.18. The van der Waals surface area contributed by atoms with Gasteiger partial charge in [0, 0.05) is 12.1 Å². The smallest absolute Gasteiger partial charge is 0.262 e. The minimum atomic E-state index is -0.278. The Bertz CT molecular complexity index is 1150. The van der Waals surface area contributed by atoms with Crippen LogP contribution in [0.1, 0.15) is 38.3 Å². The highest BCUT2D eigenvalue weighted by molar-refractivity contribution is 7.99. The van der Waals surface area contributed by atoms with E-state index in [-0.39, 0.29) is 23.3 Å². The van der Waals surface area contributed by atoms with Gasteiger partial charge in [-0.05, 0) is 43.7 Å². The SMILES string of the molecule is CCCCn1c(SCC(=O)NC(C)c2cc(OC)ccc2OC)nc2ccccc2c1=O. The van der Waals surface area contributed by atoms with Gasteiger partial charge in [-0.3, -0.25) is 14.2 Å². The molecular formula is C24H29N3O4S. The molecule has 0 aliphatic rings. The summed E-state index contributed by atoms with van der Waals surface area (Å²) in [5.41, 5.74) is 1.40. The molecule has 1 aromatic heterocycles. The topological polar surface area (TPSA) is 82.5 Å². The first-order chi connectivity index (χ1) is 15.5. The van der Waals surface area contributed by atoms with Crippen molar-refractivity contribution in [2.75, 3.05) is 20.0 Å². The molecule has 1 N–H and O–H groups in total. The molecular weight excluding hydrogens is 426 g/mol. The first kappa shape index (κ1) is 23.7. The lowest BCUT2D eigenvalue weighted by molar-refractivity contribution is -0.119. The van der Waals surface area contributed by atoms with E-state index in [1.807, 2.05) is 43.3 Å². The number of hydrogen-bond acceptors (Lipinski definition) is 6. The number of benzene rings is 2. The van der Waals surface area contributed by atoms with Gasteiger partial charge in [-0.1, -0.05) is 37.2 Å². The summed E-state index contributed by atoms with van der Waals surface area (Å²) in [4.78, 5) is 30.3. The van der Waals surface area contributed by atoms with E-state index >= 15 is 0 Å². The fourth-order valence-electron chi connectivity index (χ4n) is 3.44. The maximum absolute atomic E-state index is 13.0. The minimum Gasteiger partial charge on any atom is -0.497 e. The van der Waals surface area contributed by atoms with E-state index in [9.17, 15) is 9.59 Å². The van der Waals surface area contributed by atoms with Crippen molar-refractivity contribution < 1.29 is 14.3 Å². The van der Waals surface area contributed by atoms with Crippen molar-refractivity contribution in [1.82, 2.24) is 14.9 Å². The summed E-state index contributed by atoms with van der Waals surface area (Å²) in [5, 5.41) is 4.15. The molecule has 2 aromatic carbocycles. The fraction of sp³-hybridized carbons (Fsp3) is 0.375. The molecule has 1 amide bonds. The van der Waals surface area contributed by atoms with E-state index in [0.29, 0.717) is 34.1 Å². The molecule has 8 heteroatoms. The summed E-state index contributed by atoms with van der Waals surface area (Å²) >= 11 is 1.27. The van der Waals surface area contributed by atoms with E-state index in [0.717, 1.165) is 18.4 Å². The van der Waals surface area contributed by atoms with Crippen LogP contribution in [0.25, 0.3) is 10.9 Å². The summed E-state index contributed by atoms with van der Waals surface area (Å²) in [6, 6.07) is 12.5. The number of hydrogen-bond donors (Lipinski definition) is 1. The van der Waals surface area contributed by atoms with Gasteiger partial charge in [-0.25, -0.2) is 4.98 Å². The molecule has 0 aliphatic heterocycles. The van der Waals surface area contributed by atoms with Crippen LogP contribution in [0, 0.1) is 0 Å². The predicted octanol–water partition coefficient (Wildman–Crippen LogP) is 4.18. The molecule has 0 aliphatic carbocycles. The Labute approximate surface area is 192 Å². The van der Waals surface area contributed by atoms with E-state index in [1.54, 1.807) is 24.9 Å². The monoisotopic (exact) mass is 455 g/mol. The zero-order valence-electron chi connectivity index (χ0n) is 18.9. The number of carbonyl (C=O) groups is 1. The van der Waals surface area contributed by atoms with Gasteiger partial charge in [0.15, 0.2) is 5.16 Å². The van der Waals surface area contributed by atoms with Crippen LogP contribution in [0.15, 0.2) is 52.4 Å². The molecule has 0 saturated carbocycles. The molecule has 1 heterocycles. The van der Waals surface area contributed by atoms with Gasteiger partial charge in [-0.15, -0.1) is 0 Å². The van der Waals surface area contributed by atoms with Crippen LogP contribution in [0.5, 0.6) is 11.5 Å². The number of amides is 1. The van der Waals surface area contributed by atoms with Crippen LogP contribution >= 0.6 is 11.8 Å². The van der Waals surface area contributed by atoms with Crippen LogP contribution in [-0.2, 0) is 11.3 Å². The predicted molar refractivity (Wildman–Crippen MR) is 128 cm³/mol. The molecule has 1 unspecified atom stereocenters. The summed E-state index contributed by atoms with van der Waals surface area (Å²) in [6.07, 6.45) is 1.83. The Kier molecular flexibility index (Phi) is 8.16. The van der Waals surface area contributed by atoms with Crippen LogP contribution < -0.4 is 20.3 Å². The highest BCUT2D eigenvalue weighted by Crippen LogP contribution is 2.29. The highest BCUT2D eigenvalue weighted by Gasteiger charge is 2.17. The van der Waals surface area contributed by atoms with Gasteiger partial charge in [0.1, 0.15) is 11.5 Å². The number of rotatable bonds is 10. The van der Waals surface area contributed by atoms with Gasteiger partial charge in [0.2, 0.25) is 5.91 Å². The Balaban J connectivity index is 1.76. The maximum atomic E-state index is 13.0. The molecule has 0 radical (unpaired) electrons. The summed E-state index contributed by atoms with van der Waals surface area (Å²) in [6.45, 7) is 4.55. The Hall–Kier alpha value is -3.00. The molecule has 0 spiro atoms. The van der Waals surface area contributed by atoms with Crippen LogP contribution in [0.4, 0.5) is 0 Å². The van der Waals surface area contributed by atoms with Gasteiger partial charge in [0.05, 0.1) is 36.9 Å². The molecule has 7 nitrogen and oxygen atoms in total. The molecule has 3 rings (SSSR count). The van der Waals surface area contributed by atoms with Gasteiger partial charge in [-0.2, -0.15) is 0 Å². The number of fused-ring (bicyclic) bond motifs is 1. The van der Waals surface area contributed by atoms with Crippen molar-refractivity contribution in [3.8, 4) is 11.5 Å². The van der Waals surface area contributed by atoms with Crippen molar-refractivity contribution >= 4 is 28.6 Å². The van der Waals surface area contributed by atoms with E-state index in [1.165, 1.54) is 11.8 Å². The number of methoxy groups -OCH3 is 2. The minimum absolute atomic E-state index is 0.0681. The lowest BCUT2D eigenvalue weighted by Gasteiger charge is -2.18. The largest absolute Gasteiger partial charge is 0.497 e. The van der Waals surface area contributed by atoms with Crippen molar-refractivity contribution in [3.05, 3.63) is 58.4 Å². The van der Waals surface area contributed by atoms with E-state index in [2.05, 4.69) is 17.2 Å². The second kappa shape index (κ2) is 11.0. The third-order valence-corrected chi connectivity index (χ3v) is 6.15. The van der Waals surface area contributed by atoms with Gasteiger partial charge < -0.3 is 14.8 Å². The number of carbonyl (C=O) groups excluding carboxylic acids is 1. The van der Waals surface area contributed by atoms with Crippen LogP contribution in [-0.4, -0.2) is 35.4 Å².